The van der Waals surface area contributed by atoms with Gasteiger partial charge in [0.2, 0.25) is 0 Å². The maximum absolute atomic E-state index is 9.87. The van der Waals surface area contributed by atoms with E-state index >= 15 is 0 Å². The second-order valence-electron chi connectivity index (χ2n) is 5.15. The summed E-state index contributed by atoms with van der Waals surface area (Å²) < 4.78 is 1.77. The van der Waals surface area contributed by atoms with Crippen molar-refractivity contribution < 1.29 is 10.2 Å². The van der Waals surface area contributed by atoms with Gasteiger partial charge in [-0.25, -0.2) is 0 Å². The number of benzene rings is 1. The van der Waals surface area contributed by atoms with Crippen molar-refractivity contribution in [3.05, 3.63) is 52.3 Å². The molecule has 0 aliphatic heterocycles. The van der Waals surface area contributed by atoms with E-state index < -0.39 is 5.41 Å². The van der Waals surface area contributed by atoms with Gasteiger partial charge in [0.1, 0.15) is 0 Å². The molecule has 2 rings (SSSR count). The number of aliphatic hydroxyl groups excluding tert-OH is 2. The molecule has 1 heterocycles. The number of hydrogen-bond donors (Lipinski definition) is 2. The number of nitrogens with zero attached hydrogens (tertiary/aromatic N) is 2. The van der Waals surface area contributed by atoms with E-state index in [0.29, 0.717) is 11.4 Å². The summed E-state index contributed by atoms with van der Waals surface area (Å²) in [4.78, 5) is 0. The minimum atomic E-state index is -0.807. The van der Waals surface area contributed by atoms with E-state index in [1.807, 2.05) is 38.2 Å². The van der Waals surface area contributed by atoms with Gasteiger partial charge in [0.25, 0.3) is 0 Å². The monoisotopic (exact) mass is 294 g/mol. The molecule has 0 unspecified atom stereocenters. The quantitative estimate of drug-likeness (QED) is 0.885. The van der Waals surface area contributed by atoms with Crippen LogP contribution in [0.4, 0.5) is 0 Å². The van der Waals surface area contributed by atoms with Gasteiger partial charge in [-0.2, -0.15) is 5.10 Å². The Morgan fingerprint density at radius 1 is 1.25 bits per heavy atom. The summed E-state index contributed by atoms with van der Waals surface area (Å²) in [6.45, 7) is 1.55. The Labute approximate surface area is 123 Å². The van der Waals surface area contributed by atoms with Gasteiger partial charge < -0.3 is 10.2 Å². The third-order valence-electron chi connectivity index (χ3n) is 3.67. The van der Waals surface area contributed by atoms with Gasteiger partial charge in [-0.05, 0) is 24.6 Å². The van der Waals surface area contributed by atoms with Gasteiger partial charge in [0.05, 0.1) is 18.9 Å². The van der Waals surface area contributed by atoms with Crippen LogP contribution in [0.5, 0.6) is 0 Å². The number of aromatic nitrogens is 2. The number of halogens is 1. The zero-order valence-electron chi connectivity index (χ0n) is 11.7. The predicted molar refractivity (Wildman–Crippen MR) is 79.0 cm³/mol. The van der Waals surface area contributed by atoms with Crippen molar-refractivity contribution in [2.24, 2.45) is 7.05 Å². The van der Waals surface area contributed by atoms with Crippen LogP contribution >= 0.6 is 11.6 Å². The minimum absolute atomic E-state index is 0.183. The lowest BCUT2D eigenvalue weighted by atomic mass is 9.78. The lowest BCUT2D eigenvalue weighted by molar-refractivity contribution is 0.115. The molecule has 0 fully saturated rings. The Kier molecular flexibility index (Phi) is 4.48. The van der Waals surface area contributed by atoms with Gasteiger partial charge in [0.15, 0.2) is 0 Å². The fraction of sp³-hybridized carbons (Fsp3) is 0.400. The van der Waals surface area contributed by atoms with Crippen molar-refractivity contribution in [2.45, 2.75) is 18.8 Å². The second-order valence-corrected chi connectivity index (χ2v) is 5.56. The minimum Gasteiger partial charge on any atom is -0.395 e. The molecule has 0 saturated carbocycles. The highest BCUT2D eigenvalue weighted by Gasteiger charge is 2.34. The molecule has 1 aromatic heterocycles. The van der Waals surface area contributed by atoms with Crippen LogP contribution in [0.15, 0.2) is 30.3 Å². The average Bonchev–Trinajstić information content (AvgIpc) is 2.75. The Balaban J connectivity index is 2.45. The Morgan fingerprint density at radius 3 is 2.40 bits per heavy atom. The number of aryl methyl sites for hydroxylation is 2. The van der Waals surface area contributed by atoms with Gasteiger partial charge in [-0.1, -0.05) is 29.8 Å². The molecule has 1 aromatic carbocycles. The van der Waals surface area contributed by atoms with Crippen LogP contribution in [0, 0.1) is 6.92 Å². The topological polar surface area (TPSA) is 58.3 Å². The third kappa shape index (κ3) is 2.73. The molecule has 5 heteroatoms. The van der Waals surface area contributed by atoms with Crippen LogP contribution in [0.2, 0.25) is 5.02 Å². The van der Waals surface area contributed by atoms with E-state index in [0.717, 1.165) is 17.0 Å². The van der Waals surface area contributed by atoms with Crippen LogP contribution in [-0.4, -0.2) is 33.2 Å². The van der Waals surface area contributed by atoms with E-state index in [-0.39, 0.29) is 13.2 Å². The molecular formula is C15H19ClN2O2. The van der Waals surface area contributed by atoms with Gasteiger partial charge in [0, 0.05) is 29.6 Å². The number of hydrogen-bond acceptors (Lipinski definition) is 3. The molecule has 2 aromatic rings. The largest absolute Gasteiger partial charge is 0.395 e. The van der Waals surface area contributed by atoms with Gasteiger partial charge >= 0.3 is 0 Å². The van der Waals surface area contributed by atoms with Crippen LogP contribution in [0.25, 0.3) is 0 Å². The maximum Gasteiger partial charge on any atom is 0.0596 e. The van der Waals surface area contributed by atoms with Crippen LogP contribution < -0.4 is 0 Å². The fourth-order valence-corrected chi connectivity index (χ4v) is 2.83. The summed E-state index contributed by atoms with van der Waals surface area (Å²) in [5, 5.41) is 24.6. The normalized spacial score (nSPS) is 11.8. The van der Waals surface area contributed by atoms with Crippen molar-refractivity contribution in [3.8, 4) is 0 Å². The molecule has 0 amide bonds. The molecule has 0 spiro atoms. The van der Waals surface area contributed by atoms with Gasteiger partial charge in [-0.3, -0.25) is 4.68 Å². The summed E-state index contributed by atoms with van der Waals surface area (Å²) in [5.41, 5.74) is 1.81. The van der Waals surface area contributed by atoms with E-state index in [9.17, 15) is 10.2 Å². The standard InChI is InChI=1S/C15H19ClN2O2/c1-11-7-12(18(2)17-11)8-15(9-19,10-20)13-5-3-4-6-14(13)16/h3-7,19-20H,8-10H2,1-2H3. The summed E-state index contributed by atoms with van der Waals surface area (Å²) in [7, 11) is 1.86. The van der Waals surface area contributed by atoms with Crippen molar-refractivity contribution in [3.63, 3.8) is 0 Å². The number of aliphatic hydroxyl groups is 2. The molecule has 2 N–H and O–H groups in total. The molecule has 0 saturated heterocycles. The highest BCUT2D eigenvalue weighted by molar-refractivity contribution is 6.31. The van der Waals surface area contributed by atoms with E-state index in [1.54, 1.807) is 10.7 Å². The van der Waals surface area contributed by atoms with Crippen molar-refractivity contribution >= 4 is 11.6 Å². The SMILES string of the molecule is Cc1cc(CC(CO)(CO)c2ccccc2Cl)n(C)n1. The first-order chi connectivity index (χ1) is 9.52. The van der Waals surface area contributed by atoms with Crippen molar-refractivity contribution in [2.75, 3.05) is 13.2 Å². The Morgan fingerprint density at radius 2 is 1.90 bits per heavy atom. The highest BCUT2D eigenvalue weighted by atomic mass is 35.5. The lowest BCUT2D eigenvalue weighted by Gasteiger charge is -2.31. The summed E-state index contributed by atoms with van der Waals surface area (Å²) in [6.07, 6.45) is 0.473. The molecule has 0 aliphatic rings. The van der Waals surface area contributed by atoms with Crippen LogP contribution in [0.1, 0.15) is 17.0 Å². The first kappa shape index (κ1) is 15.0. The van der Waals surface area contributed by atoms with Crippen LogP contribution in [0.3, 0.4) is 0 Å². The predicted octanol–water partition coefficient (Wildman–Crippen LogP) is 1.85. The Hall–Kier alpha value is -1.36. The maximum atomic E-state index is 9.87. The average molecular weight is 295 g/mol. The fourth-order valence-electron chi connectivity index (χ4n) is 2.50. The first-order valence-corrected chi connectivity index (χ1v) is 6.86. The van der Waals surface area contributed by atoms with Crippen LogP contribution in [-0.2, 0) is 18.9 Å². The summed E-state index contributed by atoms with van der Waals surface area (Å²) in [5.74, 6) is 0. The van der Waals surface area contributed by atoms with E-state index in [4.69, 9.17) is 11.6 Å². The molecule has 0 atom stereocenters. The zero-order chi connectivity index (χ0) is 14.8. The molecule has 0 radical (unpaired) electrons. The van der Waals surface area contributed by atoms with Crippen molar-refractivity contribution in [1.29, 1.82) is 0 Å². The lowest BCUT2D eigenvalue weighted by Crippen LogP contribution is -2.38. The summed E-state index contributed by atoms with van der Waals surface area (Å²) in [6, 6.07) is 9.26. The van der Waals surface area contributed by atoms with Gasteiger partial charge in [-0.15, -0.1) is 0 Å². The third-order valence-corrected chi connectivity index (χ3v) is 4.00. The Bertz CT molecular complexity index is 591. The molecule has 108 valence electrons. The molecule has 0 aliphatic carbocycles. The van der Waals surface area contributed by atoms with E-state index in [1.165, 1.54) is 0 Å². The highest BCUT2D eigenvalue weighted by Crippen LogP contribution is 2.33. The smallest absolute Gasteiger partial charge is 0.0596 e. The molecular weight excluding hydrogens is 276 g/mol. The molecule has 20 heavy (non-hydrogen) atoms. The zero-order valence-corrected chi connectivity index (χ0v) is 12.4. The van der Waals surface area contributed by atoms with Crippen molar-refractivity contribution in [1.82, 2.24) is 9.78 Å². The summed E-state index contributed by atoms with van der Waals surface area (Å²) >= 11 is 6.23. The molecule has 4 nitrogen and oxygen atoms in total. The molecule has 0 bridgehead atoms. The first-order valence-electron chi connectivity index (χ1n) is 6.48. The number of rotatable bonds is 5. The second kappa shape index (κ2) is 5.95. The van der Waals surface area contributed by atoms with E-state index in [2.05, 4.69) is 5.10 Å².